The Morgan fingerprint density at radius 1 is 0.949 bits per heavy atom. The third kappa shape index (κ3) is 5.19. The third-order valence-electron chi connectivity index (χ3n) is 7.98. The average molecular weight is 594 g/mol. The first kappa shape index (κ1) is 27.3. The fourth-order valence-electron chi connectivity index (χ4n) is 6.23. The summed E-state index contributed by atoms with van der Waals surface area (Å²) >= 11 is 3.63. The van der Waals surface area contributed by atoms with Gasteiger partial charge in [0.2, 0.25) is 0 Å². The lowest BCUT2D eigenvalue weighted by Crippen LogP contribution is -2.43. The van der Waals surface area contributed by atoms with E-state index in [-0.39, 0.29) is 34.7 Å². The first-order chi connectivity index (χ1) is 18.3. The summed E-state index contributed by atoms with van der Waals surface area (Å²) in [6.45, 7) is 8.67. The number of Topliss-reactive ketones (excluding diaryl/α,β-unsaturated/α-hetero) is 2. The van der Waals surface area contributed by atoms with Crippen molar-refractivity contribution in [3.05, 3.63) is 90.7 Å². The molecule has 0 N–H and O–H groups in total. The van der Waals surface area contributed by atoms with Gasteiger partial charge in [0.15, 0.2) is 11.6 Å². The van der Waals surface area contributed by atoms with Gasteiger partial charge >= 0.3 is 0 Å². The molecule has 8 heteroatoms. The van der Waals surface area contributed by atoms with Crippen molar-refractivity contribution < 1.29 is 19.2 Å². The van der Waals surface area contributed by atoms with Gasteiger partial charge in [-0.25, -0.2) is 0 Å². The van der Waals surface area contributed by atoms with E-state index < -0.39 is 10.8 Å². The van der Waals surface area contributed by atoms with E-state index in [1.807, 2.05) is 25.2 Å². The molecular formula is C31H33BrN2O5. The van der Waals surface area contributed by atoms with Crippen LogP contribution in [0.25, 0.3) is 0 Å². The number of halogens is 1. The molecule has 2 aromatic rings. The van der Waals surface area contributed by atoms with E-state index >= 15 is 0 Å². The second-order valence-corrected chi connectivity index (χ2v) is 13.4. The first-order valence-electron chi connectivity index (χ1n) is 13.2. The number of hydrogen-bond donors (Lipinski definition) is 0. The predicted octanol–water partition coefficient (Wildman–Crippen LogP) is 7.25. The molecule has 0 saturated heterocycles. The molecule has 0 fully saturated rings. The van der Waals surface area contributed by atoms with Gasteiger partial charge in [-0.3, -0.25) is 19.7 Å². The molecule has 0 bridgehead atoms. The molecule has 0 aromatic heterocycles. The van der Waals surface area contributed by atoms with Crippen molar-refractivity contribution in [2.24, 2.45) is 10.8 Å². The van der Waals surface area contributed by atoms with Crippen LogP contribution in [-0.4, -0.2) is 28.4 Å². The van der Waals surface area contributed by atoms with Gasteiger partial charge in [0.25, 0.3) is 5.69 Å². The van der Waals surface area contributed by atoms with Crippen molar-refractivity contribution in [2.45, 2.75) is 65.9 Å². The van der Waals surface area contributed by atoms with Crippen molar-refractivity contribution >= 4 is 33.2 Å². The summed E-state index contributed by atoms with van der Waals surface area (Å²) in [5.74, 6) is 0.364. The van der Waals surface area contributed by atoms with Gasteiger partial charge in [0.05, 0.1) is 9.40 Å². The number of non-ortho nitro benzene ring substituents is 1. The van der Waals surface area contributed by atoms with Crippen LogP contribution in [0.15, 0.2) is 69.5 Å². The van der Waals surface area contributed by atoms with Gasteiger partial charge in [-0.05, 0) is 62.9 Å². The summed E-state index contributed by atoms with van der Waals surface area (Å²) < 4.78 is 6.69. The average Bonchev–Trinajstić information content (AvgIpc) is 2.83. The number of rotatable bonds is 5. The molecule has 0 spiro atoms. The summed E-state index contributed by atoms with van der Waals surface area (Å²) in [6, 6.07) is 12.1. The van der Waals surface area contributed by atoms with Crippen LogP contribution in [0.5, 0.6) is 5.75 Å². The minimum atomic E-state index is -0.428. The zero-order chi connectivity index (χ0) is 28.3. The van der Waals surface area contributed by atoms with E-state index in [2.05, 4.69) is 48.5 Å². The highest BCUT2D eigenvalue weighted by Crippen LogP contribution is 2.54. The number of benzene rings is 2. The van der Waals surface area contributed by atoms with E-state index in [9.17, 15) is 19.7 Å². The Labute approximate surface area is 237 Å². The zero-order valence-electron chi connectivity index (χ0n) is 23.0. The molecule has 1 aliphatic heterocycles. The minimum Gasteiger partial charge on any atom is -0.488 e. The van der Waals surface area contributed by atoms with Crippen molar-refractivity contribution in [1.82, 2.24) is 4.90 Å². The van der Waals surface area contributed by atoms with E-state index in [0.717, 1.165) is 40.9 Å². The minimum absolute atomic E-state index is 0.0154. The lowest BCUT2D eigenvalue weighted by Gasteiger charge is -2.47. The predicted molar refractivity (Wildman–Crippen MR) is 152 cm³/mol. The van der Waals surface area contributed by atoms with Crippen LogP contribution in [0, 0.1) is 20.9 Å². The molecule has 0 amide bonds. The highest BCUT2D eigenvalue weighted by molar-refractivity contribution is 9.10. The second kappa shape index (κ2) is 9.73. The van der Waals surface area contributed by atoms with Gasteiger partial charge in [0.1, 0.15) is 12.4 Å². The number of nitro benzene ring substituents is 1. The molecule has 2 aliphatic carbocycles. The number of carbonyl (C=O) groups is 2. The van der Waals surface area contributed by atoms with Gasteiger partial charge in [-0.2, -0.15) is 0 Å². The molecule has 0 atom stereocenters. The number of ether oxygens (including phenoxy) is 1. The molecule has 2 aromatic carbocycles. The van der Waals surface area contributed by atoms with Crippen molar-refractivity contribution in [3.8, 4) is 5.75 Å². The smallest absolute Gasteiger partial charge is 0.269 e. The number of ketones is 2. The topological polar surface area (TPSA) is 89.8 Å². The Morgan fingerprint density at radius 2 is 1.54 bits per heavy atom. The van der Waals surface area contributed by atoms with Crippen LogP contribution in [-0.2, 0) is 16.2 Å². The Bertz CT molecular complexity index is 1420. The summed E-state index contributed by atoms with van der Waals surface area (Å²) in [4.78, 5) is 40.1. The molecule has 7 nitrogen and oxygen atoms in total. The summed E-state index contributed by atoms with van der Waals surface area (Å²) in [5, 5.41) is 11.1. The van der Waals surface area contributed by atoms with Crippen LogP contribution in [0.4, 0.5) is 5.69 Å². The number of carbonyl (C=O) groups excluding carboxylic acids is 2. The van der Waals surface area contributed by atoms with Gasteiger partial charge in [-0.15, -0.1) is 0 Å². The number of allylic oxidation sites excluding steroid dienone is 4. The molecule has 0 unspecified atom stereocenters. The summed E-state index contributed by atoms with van der Waals surface area (Å²) in [6.07, 6.45) is 2.45. The van der Waals surface area contributed by atoms with E-state index in [4.69, 9.17) is 4.74 Å². The highest BCUT2D eigenvalue weighted by Gasteiger charge is 2.48. The quantitative estimate of drug-likeness (QED) is 0.268. The maximum Gasteiger partial charge on any atom is 0.269 e. The van der Waals surface area contributed by atoms with Crippen molar-refractivity contribution in [1.29, 1.82) is 0 Å². The maximum absolute atomic E-state index is 13.7. The molecule has 0 radical (unpaired) electrons. The van der Waals surface area contributed by atoms with Gasteiger partial charge in [-0.1, -0.05) is 45.9 Å². The Balaban J connectivity index is 1.53. The standard InChI is InChI=1S/C31H33BrN2O5/c1-30(2)13-22-28(24(35)15-30)27(29-23(33(22)5)14-31(3,4)16-25(29)36)19-9-10-26(21(32)12-19)39-17-18-7-6-8-20(11-18)34(37)38/h6-12,27H,13-17H2,1-5H3. The van der Waals surface area contributed by atoms with E-state index in [1.165, 1.54) is 12.1 Å². The fourth-order valence-corrected chi connectivity index (χ4v) is 6.74. The van der Waals surface area contributed by atoms with Crippen LogP contribution >= 0.6 is 15.9 Å². The molecule has 5 rings (SSSR count). The molecule has 1 heterocycles. The van der Waals surface area contributed by atoms with E-state index in [0.29, 0.717) is 28.6 Å². The first-order valence-corrected chi connectivity index (χ1v) is 14.0. The normalized spacial score (nSPS) is 20.6. The monoisotopic (exact) mass is 592 g/mol. The summed E-state index contributed by atoms with van der Waals surface area (Å²) in [5.41, 5.74) is 4.80. The number of nitro groups is 1. The van der Waals surface area contributed by atoms with Gasteiger partial charge in [0, 0.05) is 60.5 Å². The highest BCUT2D eigenvalue weighted by atomic mass is 79.9. The Kier molecular flexibility index (Phi) is 6.82. The Morgan fingerprint density at radius 3 is 2.08 bits per heavy atom. The summed E-state index contributed by atoms with van der Waals surface area (Å²) in [7, 11) is 2.00. The van der Waals surface area contributed by atoms with Crippen molar-refractivity contribution in [3.63, 3.8) is 0 Å². The third-order valence-corrected chi connectivity index (χ3v) is 8.60. The lowest BCUT2D eigenvalue weighted by atomic mass is 9.64. The fraction of sp³-hybridized carbons (Fsp3) is 0.419. The lowest BCUT2D eigenvalue weighted by molar-refractivity contribution is -0.384. The van der Waals surface area contributed by atoms with E-state index in [1.54, 1.807) is 12.1 Å². The second-order valence-electron chi connectivity index (χ2n) is 12.5. The number of nitrogens with zero attached hydrogens (tertiary/aromatic N) is 2. The maximum atomic E-state index is 13.7. The number of hydrogen-bond acceptors (Lipinski definition) is 6. The largest absolute Gasteiger partial charge is 0.488 e. The van der Waals surface area contributed by atoms with Crippen LogP contribution in [0.3, 0.4) is 0 Å². The van der Waals surface area contributed by atoms with Crippen LogP contribution in [0.2, 0.25) is 0 Å². The SMILES string of the molecule is CN1C2=C(C(=O)CC(C)(C)C2)C(c2ccc(OCc3cccc([N+](=O)[O-])c3)c(Br)c2)C2=C1CC(C)(C)CC2=O. The van der Waals surface area contributed by atoms with Gasteiger partial charge < -0.3 is 9.64 Å². The molecule has 204 valence electrons. The van der Waals surface area contributed by atoms with Crippen LogP contribution < -0.4 is 4.74 Å². The zero-order valence-corrected chi connectivity index (χ0v) is 24.6. The van der Waals surface area contributed by atoms with Crippen LogP contribution in [0.1, 0.15) is 70.4 Å². The molecule has 0 saturated carbocycles. The molecular weight excluding hydrogens is 560 g/mol. The van der Waals surface area contributed by atoms with Crippen molar-refractivity contribution in [2.75, 3.05) is 7.05 Å². The molecule has 39 heavy (non-hydrogen) atoms. The molecule has 3 aliphatic rings. The Hall–Kier alpha value is -3.26.